The standard InChI is InChI=1S/C24H22Cl2N2O4/c25-17-7-6-15(14-18(17)26)21-20-22(29)16-4-1-2-5-19(16)32-23(20)24(30)28(21)9-3-8-27-10-12-31-13-11-27/h1-2,4-7,14,21H,3,8-13H2/t21-/m0/s1. The molecule has 32 heavy (non-hydrogen) atoms. The molecule has 0 bridgehead atoms. The van der Waals surface area contributed by atoms with Crippen LogP contribution in [0.1, 0.15) is 34.1 Å². The Morgan fingerprint density at radius 3 is 2.53 bits per heavy atom. The molecule has 166 valence electrons. The summed E-state index contributed by atoms with van der Waals surface area (Å²) in [5.41, 5.74) is 1.31. The second-order valence-electron chi connectivity index (χ2n) is 8.05. The maximum atomic E-state index is 13.4. The third-order valence-corrected chi connectivity index (χ3v) is 6.85. The number of morpholine rings is 1. The van der Waals surface area contributed by atoms with Crippen molar-refractivity contribution in [3.8, 4) is 0 Å². The third kappa shape index (κ3) is 3.82. The molecular formula is C24H22Cl2N2O4. The van der Waals surface area contributed by atoms with Gasteiger partial charge in [0.15, 0.2) is 5.43 Å². The second-order valence-corrected chi connectivity index (χ2v) is 8.87. The van der Waals surface area contributed by atoms with E-state index in [0.717, 1.165) is 44.8 Å². The van der Waals surface area contributed by atoms with Crippen LogP contribution in [0.15, 0.2) is 51.7 Å². The van der Waals surface area contributed by atoms with E-state index in [4.69, 9.17) is 32.4 Å². The van der Waals surface area contributed by atoms with Gasteiger partial charge in [0.2, 0.25) is 5.76 Å². The van der Waals surface area contributed by atoms with E-state index in [-0.39, 0.29) is 17.1 Å². The van der Waals surface area contributed by atoms with Crippen LogP contribution in [0.3, 0.4) is 0 Å². The van der Waals surface area contributed by atoms with Crippen molar-refractivity contribution in [1.82, 2.24) is 9.80 Å². The van der Waals surface area contributed by atoms with Crippen LogP contribution in [0.5, 0.6) is 0 Å². The van der Waals surface area contributed by atoms with Crippen LogP contribution in [-0.2, 0) is 4.74 Å². The number of halogens is 2. The van der Waals surface area contributed by atoms with Gasteiger partial charge in [-0.25, -0.2) is 0 Å². The summed E-state index contributed by atoms with van der Waals surface area (Å²) in [4.78, 5) is 30.9. The quantitative estimate of drug-likeness (QED) is 0.551. The van der Waals surface area contributed by atoms with Gasteiger partial charge in [0, 0.05) is 26.2 Å². The molecule has 0 saturated carbocycles. The van der Waals surface area contributed by atoms with Gasteiger partial charge in [-0.3, -0.25) is 14.5 Å². The Bertz CT molecular complexity index is 1240. The van der Waals surface area contributed by atoms with Gasteiger partial charge >= 0.3 is 0 Å². The Balaban J connectivity index is 1.54. The molecule has 0 radical (unpaired) electrons. The smallest absolute Gasteiger partial charge is 0.290 e. The van der Waals surface area contributed by atoms with Crippen molar-refractivity contribution >= 4 is 40.1 Å². The number of fused-ring (bicyclic) bond motifs is 2. The summed E-state index contributed by atoms with van der Waals surface area (Å²) in [5, 5.41) is 1.26. The first-order valence-electron chi connectivity index (χ1n) is 10.7. The first-order chi connectivity index (χ1) is 15.5. The van der Waals surface area contributed by atoms with Crippen molar-refractivity contribution < 1.29 is 13.9 Å². The average molecular weight is 473 g/mol. The van der Waals surface area contributed by atoms with Crippen LogP contribution in [0, 0.1) is 0 Å². The van der Waals surface area contributed by atoms with Crippen molar-refractivity contribution in [2.45, 2.75) is 12.5 Å². The van der Waals surface area contributed by atoms with Gasteiger partial charge < -0.3 is 14.1 Å². The molecule has 1 amide bonds. The summed E-state index contributed by atoms with van der Waals surface area (Å²) in [7, 11) is 0. The molecular weight excluding hydrogens is 451 g/mol. The average Bonchev–Trinajstić information content (AvgIpc) is 3.09. The monoisotopic (exact) mass is 472 g/mol. The van der Waals surface area contributed by atoms with E-state index in [1.54, 1.807) is 41.3 Å². The maximum absolute atomic E-state index is 13.4. The SMILES string of the molecule is O=C1c2oc3ccccc3c(=O)c2[C@H](c2ccc(Cl)c(Cl)c2)N1CCCN1CCOCC1. The minimum absolute atomic E-state index is 0.108. The lowest BCUT2D eigenvalue weighted by Gasteiger charge is -2.29. The predicted molar refractivity (Wildman–Crippen MR) is 124 cm³/mol. The zero-order chi connectivity index (χ0) is 22.2. The number of hydrogen-bond acceptors (Lipinski definition) is 5. The van der Waals surface area contributed by atoms with E-state index in [1.165, 1.54) is 0 Å². The van der Waals surface area contributed by atoms with Gasteiger partial charge in [-0.15, -0.1) is 0 Å². The van der Waals surface area contributed by atoms with Crippen molar-refractivity contribution in [1.29, 1.82) is 0 Å². The molecule has 6 nitrogen and oxygen atoms in total. The number of para-hydroxylation sites is 1. The minimum Gasteiger partial charge on any atom is -0.450 e. The Kier molecular flexibility index (Phi) is 5.95. The Morgan fingerprint density at radius 2 is 1.75 bits per heavy atom. The van der Waals surface area contributed by atoms with Crippen LogP contribution in [0.2, 0.25) is 10.0 Å². The highest BCUT2D eigenvalue weighted by Crippen LogP contribution is 2.39. The van der Waals surface area contributed by atoms with Gasteiger partial charge in [0.1, 0.15) is 5.58 Å². The summed E-state index contributed by atoms with van der Waals surface area (Å²) in [6, 6.07) is 11.7. The zero-order valence-electron chi connectivity index (χ0n) is 17.4. The third-order valence-electron chi connectivity index (χ3n) is 6.11. The molecule has 8 heteroatoms. The first-order valence-corrected chi connectivity index (χ1v) is 11.4. The molecule has 3 aromatic rings. The van der Waals surface area contributed by atoms with Crippen molar-refractivity contribution in [2.75, 3.05) is 39.4 Å². The number of carbonyl (C=O) groups excluding carboxylic acids is 1. The Hall–Kier alpha value is -2.38. The second kappa shape index (κ2) is 8.87. The van der Waals surface area contributed by atoms with Gasteiger partial charge in [0.05, 0.1) is 40.3 Å². The Morgan fingerprint density at radius 1 is 0.969 bits per heavy atom. The highest BCUT2D eigenvalue weighted by atomic mass is 35.5. The number of hydrogen-bond donors (Lipinski definition) is 0. The molecule has 0 unspecified atom stereocenters. The summed E-state index contributed by atoms with van der Waals surface area (Å²) in [5.74, 6) is -0.169. The summed E-state index contributed by atoms with van der Waals surface area (Å²) >= 11 is 12.4. The summed E-state index contributed by atoms with van der Waals surface area (Å²) in [6.07, 6.45) is 0.769. The molecule has 2 aliphatic heterocycles. The largest absolute Gasteiger partial charge is 0.450 e. The molecule has 0 aliphatic carbocycles. The fourth-order valence-corrected chi connectivity index (χ4v) is 4.82. The molecule has 2 aromatic carbocycles. The zero-order valence-corrected chi connectivity index (χ0v) is 18.9. The lowest BCUT2D eigenvalue weighted by Crippen LogP contribution is -2.38. The highest BCUT2D eigenvalue weighted by Gasteiger charge is 2.42. The van der Waals surface area contributed by atoms with E-state index in [0.29, 0.717) is 33.1 Å². The fraction of sp³-hybridized carbons (Fsp3) is 0.333. The van der Waals surface area contributed by atoms with E-state index >= 15 is 0 Å². The lowest BCUT2D eigenvalue weighted by atomic mass is 9.98. The van der Waals surface area contributed by atoms with Crippen molar-refractivity contribution in [3.05, 3.63) is 79.6 Å². The minimum atomic E-state index is -0.571. The van der Waals surface area contributed by atoms with Crippen LogP contribution in [0.4, 0.5) is 0 Å². The van der Waals surface area contributed by atoms with Gasteiger partial charge in [-0.1, -0.05) is 41.4 Å². The molecule has 1 aromatic heterocycles. The van der Waals surface area contributed by atoms with Gasteiger partial charge in [-0.2, -0.15) is 0 Å². The predicted octanol–water partition coefficient (Wildman–Crippen LogP) is 4.37. The summed E-state index contributed by atoms with van der Waals surface area (Å²) < 4.78 is 11.4. The molecule has 5 rings (SSSR count). The number of nitrogens with zero attached hydrogens (tertiary/aromatic N) is 2. The van der Waals surface area contributed by atoms with Crippen LogP contribution in [-0.4, -0.2) is 55.1 Å². The molecule has 3 heterocycles. The number of ether oxygens (including phenoxy) is 1. The van der Waals surface area contributed by atoms with Crippen molar-refractivity contribution in [2.24, 2.45) is 0 Å². The molecule has 0 spiro atoms. The normalized spacial score (nSPS) is 19.0. The van der Waals surface area contributed by atoms with Crippen LogP contribution >= 0.6 is 23.2 Å². The van der Waals surface area contributed by atoms with E-state index in [9.17, 15) is 9.59 Å². The Labute approximate surface area is 195 Å². The number of rotatable bonds is 5. The number of amides is 1. The van der Waals surface area contributed by atoms with Gasteiger partial charge in [0.25, 0.3) is 5.91 Å². The first kappa shape index (κ1) is 21.5. The fourth-order valence-electron chi connectivity index (χ4n) is 4.52. The topological polar surface area (TPSA) is 63.0 Å². The number of benzene rings is 2. The van der Waals surface area contributed by atoms with Gasteiger partial charge in [-0.05, 0) is 36.2 Å². The molecule has 1 atom stereocenters. The van der Waals surface area contributed by atoms with Crippen LogP contribution in [0.25, 0.3) is 11.0 Å². The number of carbonyl (C=O) groups is 1. The molecule has 1 saturated heterocycles. The van der Waals surface area contributed by atoms with E-state index in [2.05, 4.69) is 4.90 Å². The molecule has 1 fully saturated rings. The molecule has 2 aliphatic rings. The highest BCUT2D eigenvalue weighted by molar-refractivity contribution is 6.42. The van der Waals surface area contributed by atoms with Crippen molar-refractivity contribution in [3.63, 3.8) is 0 Å². The van der Waals surface area contributed by atoms with Crippen LogP contribution < -0.4 is 5.43 Å². The lowest BCUT2D eigenvalue weighted by molar-refractivity contribution is 0.0353. The molecule has 0 N–H and O–H groups in total. The summed E-state index contributed by atoms with van der Waals surface area (Å²) in [6.45, 7) is 4.56. The maximum Gasteiger partial charge on any atom is 0.290 e. The van der Waals surface area contributed by atoms with E-state index in [1.807, 2.05) is 6.07 Å². The van der Waals surface area contributed by atoms with E-state index < -0.39 is 6.04 Å².